The van der Waals surface area contributed by atoms with Crippen LogP contribution in [0, 0.1) is 11.3 Å². The van der Waals surface area contributed by atoms with Crippen LogP contribution >= 0.6 is 0 Å². The van der Waals surface area contributed by atoms with E-state index in [1.54, 1.807) is 0 Å². The molecule has 0 aliphatic carbocycles. The van der Waals surface area contributed by atoms with Gasteiger partial charge in [0.1, 0.15) is 0 Å². The first-order chi connectivity index (χ1) is 8.73. The van der Waals surface area contributed by atoms with E-state index in [-0.39, 0.29) is 0 Å². The molecule has 1 saturated heterocycles. The van der Waals surface area contributed by atoms with Crippen molar-refractivity contribution >= 4 is 0 Å². The van der Waals surface area contributed by atoms with Crippen molar-refractivity contribution in [3.8, 4) is 0 Å². The Morgan fingerprint density at radius 3 is 2.22 bits per heavy atom. The summed E-state index contributed by atoms with van der Waals surface area (Å²) in [5, 5.41) is 3.73. The summed E-state index contributed by atoms with van der Waals surface area (Å²) in [5.41, 5.74) is 0.579. The van der Waals surface area contributed by atoms with Gasteiger partial charge in [-0.3, -0.25) is 0 Å². The van der Waals surface area contributed by atoms with Crippen molar-refractivity contribution in [2.24, 2.45) is 11.3 Å². The van der Waals surface area contributed by atoms with Gasteiger partial charge in [-0.05, 0) is 50.1 Å². The summed E-state index contributed by atoms with van der Waals surface area (Å²) in [6, 6.07) is 0. The Labute approximate surface area is 115 Å². The van der Waals surface area contributed by atoms with Crippen molar-refractivity contribution in [2.75, 3.05) is 13.1 Å². The van der Waals surface area contributed by atoms with Crippen LogP contribution in [0.4, 0.5) is 0 Å². The maximum absolute atomic E-state index is 3.73. The van der Waals surface area contributed by atoms with Gasteiger partial charge in [-0.15, -0.1) is 0 Å². The first-order valence-corrected chi connectivity index (χ1v) is 8.43. The fourth-order valence-corrected chi connectivity index (χ4v) is 3.82. The van der Waals surface area contributed by atoms with Gasteiger partial charge in [-0.1, -0.05) is 59.3 Å². The molecule has 18 heavy (non-hydrogen) atoms. The fourth-order valence-electron chi connectivity index (χ4n) is 3.82. The van der Waals surface area contributed by atoms with E-state index in [1.165, 1.54) is 77.3 Å². The average molecular weight is 253 g/mol. The molecule has 0 aromatic rings. The highest BCUT2D eigenvalue weighted by atomic mass is 14.9. The molecule has 1 aliphatic rings. The zero-order valence-corrected chi connectivity index (χ0v) is 13.1. The third-order valence-corrected chi connectivity index (χ3v) is 4.92. The second-order valence-electron chi connectivity index (χ2n) is 6.61. The molecule has 1 unspecified atom stereocenters. The lowest BCUT2D eigenvalue weighted by molar-refractivity contribution is 0.132. The van der Waals surface area contributed by atoms with E-state index < -0.39 is 0 Å². The van der Waals surface area contributed by atoms with E-state index in [0.717, 1.165) is 5.92 Å². The van der Waals surface area contributed by atoms with E-state index in [2.05, 4.69) is 26.1 Å². The molecule has 0 aromatic carbocycles. The minimum Gasteiger partial charge on any atom is -0.316 e. The lowest BCUT2D eigenvalue weighted by Gasteiger charge is -2.39. The molecule has 1 atom stereocenters. The Balaban J connectivity index is 2.59. The quantitative estimate of drug-likeness (QED) is 0.714. The van der Waals surface area contributed by atoms with E-state index in [0.29, 0.717) is 5.41 Å². The Morgan fingerprint density at radius 2 is 1.56 bits per heavy atom. The van der Waals surface area contributed by atoms with Crippen LogP contribution in [-0.4, -0.2) is 13.1 Å². The Kier molecular flexibility index (Phi) is 7.97. The molecule has 1 N–H and O–H groups in total. The molecular weight excluding hydrogens is 218 g/mol. The zero-order chi connectivity index (χ0) is 13.3. The SMILES string of the molecule is CCCC(C)(CCC)C1CCCCCCCNC1. The first kappa shape index (κ1) is 16.0. The highest BCUT2D eigenvalue weighted by molar-refractivity contribution is 4.84. The number of nitrogens with one attached hydrogen (secondary N) is 1. The van der Waals surface area contributed by atoms with Crippen molar-refractivity contribution < 1.29 is 0 Å². The van der Waals surface area contributed by atoms with Crippen LogP contribution < -0.4 is 5.32 Å². The summed E-state index contributed by atoms with van der Waals surface area (Å²) in [7, 11) is 0. The second kappa shape index (κ2) is 8.96. The molecule has 1 heteroatoms. The molecule has 1 aliphatic heterocycles. The van der Waals surface area contributed by atoms with Crippen LogP contribution in [0.1, 0.15) is 85.0 Å². The summed E-state index contributed by atoms with van der Waals surface area (Å²) in [6.07, 6.45) is 14.1. The van der Waals surface area contributed by atoms with Gasteiger partial charge in [0.05, 0.1) is 0 Å². The predicted molar refractivity (Wildman–Crippen MR) is 82.0 cm³/mol. The van der Waals surface area contributed by atoms with Crippen LogP contribution in [0.25, 0.3) is 0 Å². The predicted octanol–water partition coefficient (Wildman–Crippen LogP) is 5.15. The van der Waals surface area contributed by atoms with Crippen molar-refractivity contribution in [3.63, 3.8) is 0 Å². The second-order valence-corrected chi connectivity index (χ2v) is 6.61. The Bertz CT molecular complexity index is 184. The van der Waals surface area contributed by atoms with Crippen LogP contribution in [0.15, 0.2) is 0 Å². The number of rotatable bonds is 5. The van der Waals surface area contributed by atoms with Crippen LogP contribution in [0.5, 0.6) is 0 Å². The molecule has 0 bridgehead atoms. The molecule has 0 saturated carbocycles. The lowest BCUT2D eigenvalue weighted by atomic mass is 9.68. The molecule has 1 nitrogen and oxygen atoms in total. The molecule has 0 spiro atoms. The van der Waals surface area contributed by atoms with Gasteiger partial charge in [0.2, 0.25) is 0 Å². The maximum atomic E-state index is 3.73. The Morgan fingerprint density at radius 1 is 0.944 bits per heavy atom. The molecule has 108 valence electrons. The van der Waals surface area contributed by atoms with Gasteiger partial charge >= 0.3 is 0 Å². The summed E-state index contributed by atoms with van der Waals surface area (Å²) in [5.74, 6) is 0.899. The van der Waals surface area contributed by atoms with Gasteiger partial charge < -0.3 is 5.32 Å². The van der Waals surface area contributed by atoms with Crippen molar-refractivity contribution in [3.05, 3.63) is 0 Å². The summed E-state index contributed by atoms with van der Waals surface area (Å²) in [6.45, 7) is 9.75. The van der Waals surface area contributed by atoms with Crippen molar-refractivity contribution in [1.29, 1.82) is 0 Å². The largest absolute Gasteiger partial charge is 0.316 e. The molecule has 0 aromatic heterocycles. The van der Waals surface area contributed by atoms with Gasteiger partial charge in [0.15, 0.2) is 0 Å². The third-order valence-electron chi connectivity index (χ3n) is 4.92. The highest BCUT2D eigenvalue weighted by Gasteiger charge is 2.31. The zero-order valence-electron chi connectivity index (χ0n) is 13.1. The Hall–Kier alpha value is -0.0400. The van der Waals surface area contributed by atoms with Gasteiger partial charge in [0, 0.05) is 0 Å². The molecule has 1 rings (SSSR count). The molecule has 1 fully saturated rings. The molecular formula is C17H35N. The summed E-state index contributed by atoms with van der Waals surface area (Å²) < 4.78 is 0. The topological polar surface area (TPSA) is 12.0 Å². The normalized spacial score (nSPS) is 23.8. The third kappa shape index (κ3) is 5.30. The van der Waals surface area contributed by atoms with Crippen molar-refractivity contribution in [1.82, 2.24) is 5.32 Å². The van der Waals surface area contributed by atoms with E-state index in [4.69, 9.17) is 0 Å². The number of hydrogen-bond acceptors (Lipinski definition) is 1. The van der Waals surface area contributed by atoms with Crippen molar-refractivity contribution in [2.45, 2.75) is 85.0 Å². The average Bonchev–Trinajstić information content (AvgIpc) is 2.36. The highest BCUT2D eigenvalue weighted by Crippen LogP contribution is 2.40. The smallest absolute Gasteiger partial charge is 0.00153 e. The maximum Gasteiger partial charge on any atom is -0.00153 e. The first-order valence-electron chi connectivity index (χ1n) is 8.43. The van der Waals surface area contributed by atoms with Gasteiger partial charge in [-0.25, -0.2) is 0 Å². The van der Waals surface area contributed by atoms with E-state index in [1.807, 2.05) is 0 Å². The van der Waals surface area contributed by atoms with Gasteiger partial charge in [0.25, 0.3) is 0 Å². The van der Waals surface area contributed by atoms with Gasteiger partial charge in [-0.2, -0.15) is 0 Å². The lowest BCUT2D eigenvalue weighted by Crippen LogP contribution is -2.36. The standard InChI is InChI=1S/C17H35N/c1-4-12-17(3,13-5-2)16-11-9-7-6-8-10-14-18-15-16/h16,18H,4-15H2,1-3H3. The summed E-state index contributed by atoms with van der Waals surface area (Å²) >= 11 is 0. The van der Waals surface area contributed by atoms with E-state index in [9.17, 15) is 0 Å². The van der Waals surface area contributed by atoms with Crippen LogP contribution in [0.3, 0.4) is 0 Å². The minimum absolute atomic E-state index is 0.579. The minimum atomic E-state index is 0.579. The molecule has 0 amide bonds. The number of hydrogen-bond donors (Lipinski definition) is 1. The molecule has 0 radical (unpaired) electrons. The monoisotopic (exact) mass is 253 g/mol. The van der Waals surface area contributed by atoms with Crippen LogP contribution in [0.2, 0.25) is 0 Å². The molecule has 1 heterocycles. The van der Waals surface area contributed by atoms with Crippen LogP contribution in [-0.2, 0) is 0 Å². The fraction of sp³-hybridized carbons (Fsp3) is 1.00. The summed E-state index contributed by atoms with van der Waals surface area (Å²) in [4.78, 5) is 0. The van der Waals surface area contributed by atoms with E-state index >= 15 is 0 Å².